The van der Waals surface area contributed by atoms with Gasteiger partial charge in [0.25, 0.3) is 5.91 Å². The third kappa shape index (κ3) is 4.11. The van der Waals surface area contributed by atoms with Crippen LogP contribution < -0.4 is 10.1 Å². The minimum absolute atomic E-state index is 0.128. The van der Waals surface area contributed by atoms with Crippen molar-refractivity contribution < 1.29 is 9.53 Å². The van der Waals surface area contributed by atoms with Crippen LogP contribution in [0.4, 0.5) is 5.69 Å². The molecule has 0 aliphatic carbocycles. The zero-order valence-electron chi connectivity index (χ0n) is 13.6. The first-order valence-electron chi connectivity index (χ1n) is 8.14. The number of unbranched alkanes of at least 4 members (excludes halogenated alkanes) is 2. The fraction of sp³-hybridized carbons (Fsp3) is 0.263. The number of thiazole rings is 1. The molecule has 3 rings (SSSR count). The first-order chi connectivity index (χ1) is 11.8. The van der Waals surface area contributed by atoms with E-state index in [2.05, 4.69) is 17.2 Å². The first kappa shape index (κ1) is 16.5. The van der Waals surface area contributed by atoms with Crippen LogP contribution in [0.2, 0.25) is 0 Å². The Morgan fingerprint density at radius 2 is 2.00 bits per heavy atom. The first-order valence-corrected chi connectivity index (χ1v) is 9.01. The maximum absolute atomic E-state index is 12.3. The van der Waals surface area contributed by atoms with E-state index in [4.69, 9.17) is 4.74 Å². The molecule has 0 saturated heterocycles. The van der Waals surface area contributed by atoms with Gasteiger partial charge in [-0.1, -0.05) is 19.8 Å². The average Bonchev–Trinajstić information content (AvgIpc) is 3.07. The Hall–Kier alpha value is -2.40. The normalized spacial score (nSPS) is 10.7. The van der Waals surface area contributed by atoms with Crippen LogP contribution in [0.5, 0.6) is 5.75 Å². The molecule has 0 radical (unpaired) electrons. The molecule has 0 bridgehead atoms. The molecule has 4 nitrogen and oxygen atoms in total. The van der Waals surface area contributed by atoms with Crippen LogP contribution in [0.3, 0.4) is 0 Å². The van der Waals surface area contributed by atoms with Crippen LogP contribution in [0.15, 0.2) is 48.0 Å². The van der Waals surface area contributed by atoms with Crippen molar-refractivity contribution in [1.82, 2.24) is 4.98 Å². The van der Waals surface area contributed by atoms with Crippen molar-refractivity contribution >= 4 is 33.1 Å². The largest absolute Gasteiger partial charge is 0.494 e. The second kappa shape index (κ2) is 7.93. The maximum Gasteiger partial charge on any atom is 0.255 e. The van der Waals surface area contributed by atoms with E-state index in [9.17, 15) is 4.79 Å². The topological polar surface area (TPSA) is 51.2 Å². The van der Waals surface area contributed by atoms with E-state index >= 15 is 0 Å². The zero-order valence-corrected chi connectivity index (χ0v) is 14.4. The molecule has 124 valence electrons. The number of nitrogens with one attached hydrogen (secondary N) is 1. The van der Waals surface area contributed by atoms with Gasteiger partial charge >= 0.3 is 0 Å². The summed E-state index contributed by atoms with van der Waals surface area (Å²) in [6.45, 7) is 2.88. The number of aromatic nitrogens is 1. The predicted octanol–water partition coefficient (Wildman–Crippen LogP) is 5.12. The van der Waals surface area contributed by atoms with Crippen LogP contribution in [-0.2, 0) is 0 Å². The highest BCUT2D eigenvalue weighted by Crippen LogP contribution is 2.22. The molecule has 3 aromatic rings. The van der Waals surface area contributed by atoms with E-state index in [-0.39, 0.29) is 5.91 Å². The zero-order chi connectivity index (χ0) is 16.8. The molecule has 1 aromatic heterocycles. The van der Waals surface area contributed by atoms with Gasteiger partial charge in [0.05, 0.1) is 22.3 Å². The van der Waals surface area contributed by atoms with E-state index in [0.717, 1.165) is 28.1 Å². The molecular formula is C19H20N2O2S. The molecule has 0 saturated carbocycles. The number of ether oxygens (including phenoxy) is 1. The van der Waals surface area contributed by atoms with E-state index in [1.54, 1.807) is 29.0 Å². The van der Waals surface area contributed by atoms with Gasteiger partial charge in [-0.2, -0.15) is 0 Å². The van der Waals surface area contributed by atoms with E-state index in [0.29, 0.717) is 12.2 Å². The van der Waals surface area contributed by atoms with Crippen molar-refractivity contribution in [2.45, 2.75) is 26.2 Å². The fourth-order valence-corrected chi connectivity index (χ4v) is 3.10. The number of anilines is 1. The summed E-state index contributed by atoms with van der Waals surface area (Å²) >= 11 is 1.56. The Balaban J connectivity index is 1.60. The van der Waals surface area contributed by atoms with Crippen LogP contribution in [0.25, 0.3) is 10.2 Å². The van der Waals surface area contributed by atoms with Gasteiger partial charge in [0, 0.05) is 11.3 Å². The number of amides is 1. The lowest BCUT2D eigenvalue weighted by Gasteiger charge is -2.08. The Morgan fingerprint density at radius 3 is 2.79 bits per heavy atom. The lowest BCUT2D eigenvalue weighted by Crippen LogP contribution is -2.11. The summed E-state index contributed by atoms with van der Waals surface area (Å²) in [6.07, 6.45) is 3.40. The fourth-order valence-electron chi connectivity index (χ4n) is 2.38. The van der Waals surface area contributed by atoms with Crippen LogP contribution in [-0.4, -0.2) is 17.5 Å². The minimum Gasteiger partial charge on any atom is -0.494 e. The smallest absolute Gasteiger partial charge is 0.255 e. The van der Waals surface area contributed by atoms with Gasteiger partial charge in [0.1, 0.15) is 5.75 Å². The van der Waals surface area contributed by atoms with Crippen molar-refractivity contribution in [2.24, 2.45) is 0 Å². The van der Waals surface area contributed by atoms with E-state index in [1.807, 2.05) is 30.3 Å². The van der Waals surface area contributed by atoms with Crippen molar-refractivity contribution in [2.75, 3.05) is 11.9 Å². The molecule has 5 heteroatoms. The van der Waals surface area contributed by atoms with E-state index < -0.39 is 0 Å². The van der Waals surface area contributed by atoms with Crippen LogP contribution >= 0.6 is 11.3 Å². The van der Waals surface area contributed by atoms with Crippen LogP contribution in [0.1, 0.15) is 36.5 Å². The SMILES string of the molecule is CCCCCOc1ccc(C(=O)Nc2ccc3ncsc3c2)cc1. The Bertz CT molecular complexity index is 812. The average molecular weight is 340 g/mol. The van der Waals surface area contributed by atoms with Gasteiger partial charge in [-0.25, -0.2) is 4.98 Å². The van der Waals surface area contributed by atoms with Gasteiger partial charge in [-0.15, -0.1) is 11.3 Å². The quantitative estimate of drug-likeness (QED) is 0.608. The van der Waals surface area contributed by atoms with Gasteiger partial charge in [0.15, 0.2) is 0 Å². The number of nitrogens with zero attached hydrogens (tertiary/aromatic N) is 1. The number of carbonyl (C=O) groups excluding carboxylic acids is 1. The lowest BCUT2D eigenvalue weighted by atomic mass is 10.2. The molecular weight excluding hydrogens is 320 g/mol. The Labute approximate surface area is 145 Å². The third-order valence-corrected chi connectivity index (χ3v) is 4.51. The lowest BCUT2D eigenvalue weighted by molar-refractivity contribution is 0.102. The van der Waals surface area contributed by atoms with Gasteiger partial charge in [-0.05, 0) is 48.9 Å². The van der Waals surface area contributed by atoms with Crippen molar-refractivity contribution in [1.29, 1.82) is 0 Å². The van der Waals surface area contributed by atoms with E-state index in [1.165, 1.54) is 12.8 Å². The number of carbonyl (C=O) groups is 1. The maximum atomic E-state index is 12.3. The molecule has 2 aromatic carbocycles. The highest BCUT2D eigenvalue weighted by atomic mass is 32.1. The molecule has 0 aliphatic rings. The standard InChI is InChI=1S/C19H20N2O2S/c1-2-3-4-11-23-16-8-5-14(6-9-16)19(22)21-15-7-10-17-18(12-15)24-13-20-17/h5-10,12-13H,2-4,11H2,1H3,(H,21,22). The van der Waals surface area contributed by atoms with Gasteiger partial charge in [-0.3, -0.25) is 4.79 Å². The molecule has 0 fully saturated rings. The summed E-state index contributed by atoms with van der Waals surface area (Å²) in [5, 5.41) is 2.92. The molecule has 1 N–H and O–H groups in total. The number of hydrogen-bond donors (Lipinski definition) is 1. The number of fused-ring (bicyclic) bond motifs is 1. The second-order valence-corrected chi connectivity index (χ2v) is 6.46. The second-order valence-electron chi connectivity index (χ2n) is 5.57. The number of rotatable bonds is 7. The number of benzene rings is 2. The Morgan fingerprint density at radius 1 is 1.17 bits per heavy atom. The summed E-state index contributed by atoms with van der Waals surface area (Å²) < 4.78 is 6.72. The predicted molar refractivity (Wildman–Crippen MR) is 99.0 cm³/mol. The molecule has 0 aliphatic heterocycles. The minimum atomic E-state index is -0.128. The summed E-state index contributed by atoms with van der Waals surface area (Å²) in [4.78, 5) is 16.6. The molecule has 24 heavy (non-hydrogen) atoms. The molecule has 0 spiro atoms. The van der Waals surface area contributed by atoms with Gasteiger partial charge < -0.3 is 10.1 Å². The number of hydrogen-bond acceptors (Lipinski definition) is 4. The third-order valence-electron chi connectivity index (χ3n) is 3.72. The van der Waals surface area contributed by atoms with Crippen molar-refractivity contribution in [3.63, 3.8) is 0 Å². The molecule has 0 unspecified atom stereocenters. The summed E-state index contributed by atoms with van der Waals surface area (Å²) in [6, 6.07) is 13.0. The van der Waals surface area contributed by atoms with Crippen molar-refractivity contribution in [3.05, 3.63) is 53.5 Å². The summed E-state index contributed by atoms with van der Waals surface area (Å²) in [7, 11) is 0. The van der Waals surface area contributed by atoms with Crippen LogP contribution in [0, 0.1) is 0 Å². The highest BCUT2D eigenvalue weighted by Gasteiger charge is 2.07. The molecule has 1 amide bonds. The summed E-state index contributed by atoms with van der Waals surface area (Å²) in [5.41, 5.74) is 4.13. The van der Waals surface area contributed by atoms with Crippen molar-refractivity contribution in [3.8, 4) is 5.75 Å². The molecule has 1 heterocycles. The highest BCUT2D eigenvalue weighted by molar-refractivity contribution is 7.16. The monoisotopic (exact) mass is 340 g/mol. The summed E-state index contributed by atoms with van der Waals surface area (Å²) in [5.74, 6) is 0.671. The van der Waals surface area contributed by atoms with Gasteiger partial charge in [0.2, 0.25) is 0 Å². The molecule has 0 atom stereocenters. The Kier molecular flexibility index (Phi) is 5.43.